The highest BCUT2D eigenvalue weighted by molar-refractivity contribution is 9.10. The molecule has 2 N–H and O–H groups in total. The largest absolute Gasteiger partial charge is 0.358 e. The Morgan fingerprint density at radius 1 is 1.44 bits per heavy atom. The number of hydrogen-bond donors (Lipinski definition) is 2. The summed E-state index contributed by atoms with van der Waals surface area (Å²) in [5.41, 5.74) is -0.270. The summed E-state index contributed by atoms with van der Waals surface area (Å²) in [5, 5.41) is 6.16. The Labute approximate surface area is 120 Å². The van der Waals surface area contributed by atoms with Crippen molar-refractivity contribution >= 4 is 39.3 Å². The molecule has 1 aromatic rings. The van der Waals surface area contributed by atoms with E-state index in [0.717, 1.165) is 0 Å². The molecule has 1 rings (SSSR count). The standard InChI is InChI=1S/C11H16BrClN4O/c1-6(10(18)17-11(2,3)4)16-9-7(12)8(13)14-5-15-9/h5-6H,1-4H3,(H,17,18)(H,14,15,16). The van der Waals surface area contributed by atoms with E-state index in [0.29, 0.717) is 15.4 Å². The van der Waals surface area contributed by atoms with Gasteiger partial charge in [-0.2, -0.15) is 0 Å². The molecule has 100 valence electrons. The van der Waals surface area contributed by atoms with E-state index in [1.807, 2.05) is 20.8 Å². The SMILES string of the molecule is CC(Nc1ncnc(Cl)c1Br)C(=O)NC(C)(C)C. The molecule has 18 heavy (non-hydrogen) atoms. The van der Waals surface area contributed by atoms with Gasteiger partial charge in [0.1, 0.15) is 23.3 Å². The van der Waals surface area contributed by atoms with Crippen molar-refractivity contribution in [2.75, 3.05) is 5.32 Å². The molecular formula is C11H16BrClN4O. The Bertz CT molecular complexity index is 447. The molecule has 0 spiro atoms. The molecule has 1 aromatic heterocycles. The zero-order valence-corrected chi connectivity index (χ0v) is 13.1. The molecule has 1 unspecified atom stereocenters. The lowest BCUT2D eigenvalue weighted by Crippen LogP contribution is -2.47. The minimum Gasteiger partial charge on any atom is -0.358 e. The van der Waals surface area contributed by atoms with Crippen LogP contribution in [0, 0.1) is 0 Å². The molecule has 0 radical (unpaired) electrons. The van der Waals surface area contributed by atoms with Gasteiger partial charge in [-0.3, -0.25) is 4.79 Å². The summed E-state index contributed by atoms with van der Waals surface area (Å²) >= 11 is 9.11. The highest BCUT2D eigenvalue weighted by Gasteiger charge is 2.20. The minimum atomic E-state index is -0.425. The van der Waals surface area contributed by atoms with E-state index in [9.17, 15) is 4.79 Å². The van der Waals surface area contributed by atoms with Crippen molar-refractivity contribution in [3.63, 3.8) is 0 Å². The summed E-state index contributed by atoms with van der Waals surface area (Å²) in [4.78, 5) is 19.7. The Kier molecular flexibility index (Phi) is 4.92. The van der Waals surface area contributed by atoms with E-state index < -0.39 is 6.04 Å². The maximum atomic E-state index is 11.9. The smallest absolute Gasteiger partial charge is 0.242 e. The number of anilines is 1. The third kappa shape index (κ3) is 4.42. The topological polar surface area (TPSA) is 66.9 Å². The summed E-state index contributed by atoms with van der Waals surface area (Å²) in [6.45, 7) is 7.53. The van der Waals surface area contributed by atoms with Crippen LogP contribution in [-0.4, -0.2) is 27.5 Å². The summed E-state index contributed by atoms with van der Waals surface area (Å²) in [6.07, 6.45) is 1.34. The summed E-state index contributed by atoms with van der Waals surface area (Å²) in [6, 6.07) is -0.425. The molecule has 0 aromatic carbocycles. The fourth-order valence-corrected chi connectivity index (χ4v) is 1.65. The number of hydrogen-bond acceptors (Lipinski definition) is 4. The van der Waals surface area contributed by atoms with Crippen LogP contribution in [0.2, 0.25) is 5.15 Å². The van der Waals surface area contributed by atoms with Crippen LogP contribution >= 0.6 is 27.5 Å². The predicted molar refractivity (Wildman–Crippen MR) is 75.7 cm³/mol. The van der Waals surface area contributed by atoms with Crippen molar-refractivity contribution in [2.24, 2.45) is 0 Å². The van der Waals surface area contributed by atoms with Crippen LogP contribution in [0.15, 0.2) is 10.8 Å². The van der Waals surface area contributed by atoms with Crippen molar-refractivity contribution in [3.05, 3.63) is 16.0 Å². The molecule has 0 fully saturated rings. The summed E-state index contributed by atoms with van der Waals surface area (Å²) in [5.74, 6) is 0.385. The van der Waals surface area contributed by atoms with Gasteiger partial charge in [0.15, 0.2) is 0 Å². The quantitative estimate of drug-likeness (QED) is 0.833. The Hall–Kier alpha value is -0.880. The minimum absolute atomic E-state index is 0.107. The molecular weight excluding hydrogens is 320 g/mol. The second kappa shape index (κ2) is 5.84. The fourth-order valence-electron chi connectivity index (χ4n) is 1.20. The first-order valence-electron chi connectivity index (χ1n) is 5.45. The normalized spacial score (nSPS) is 13.0. The van der Waals surface area contributed by atoms with Crippen molar-refractivity contribution in [2.45, 2.75) is 39.3 Å². The van der Waals surface area contributed by atoms with Gasteiger partial charge in [-0.05, 0) is 43.6 Å². The molecule has 1 amide bonds. The number of amides is 1. The molecule has 5 nitrogen and oxygen atoms in total. The summed E-state index contributed by atoms with van der Waals surface area (Å²) < 4.78 is 0.544. The van der Waals surface area contributed by atoms with Gasteiger partial charge in [0.25, 0.3) is 0 Å². The number of halogens is 2. The zero-order valence-electron chi connectivity index (χ0n) is 10.7. The Morgan fingerprint density at radius 2 is 2.06 bits per heavy atom. The zero-order chi connectivity index (χ0) is 13.9. The monoisotopic (exact) mass is 334 g/mol. The second-order valence-corrected chi connectivity index (χ2v) is 6.08. The lowest BCUT2D eigenvalue weighted by atomic mass is 10.1. The molecule has 0 aliphatic carbocycles. The number of carbonyl (C=O) groups excluding carboxylic acids is 1. The number of carbonyl (C=O) groups is 1. The first kappa shape index (κ1) is 15.2. The van der Waals surface area contributed by atoms with Gasteiger partial charge in [-0.25, -0.2) is 9.97 Å². The number of nitrogens with zero attached hydrogens (tertiary/aromatic N) is 2. The maximum absolute atomic E-state index is 11.9. The average molecular weight is 336 g/mol. The van der Waals surface area contributed by atoms with Gasteiger partial charge in [-0.15, -0.1) is 0 Å². The van der Waals surface area contributed by atoms with Crippen LogP contribution in [0.1, 0.15) is 27.7 Å². The van der Waals surface area contributed by atoms with Gasteiger partial charge in [0.05, 0.1) is 4.47 Å². The molecule has 0 aliphatic rings. The van der Waals surface area contributed by atoms with Gasteiger partial charge >= 0.3 is 0 Å². The maximum Gasteiger partial charge on any atom is 0.242 e. The molecule has 7 heteroatoms. The first-order chi connectivity index (χ1) is 8.20. The van der Waals surface area contributed by atoms with E-state index in [1.54, 1.807) is 6.92 Å². The number of nitrogens with one attached hydrogen (secondary N) is 2. The van der Waals surface area contributed by atoms with E-state index in [2.05, 4.69) is 36.5 Å². The summed E-state index contributed by atoms with van der Waals surface area (Å²) in [7, 11) is 0. The van der Waals surface area contributed by atoms with Crippen molar-refractivity contribution in [3.8, 4) is 0 Å². The number of aromatic nitrogens is 2. The van der Waals surface area contributed by atoms with E-state index in [1.165, 1.54) is 6.33 Å². The third-order valence-electron chi connectivity index (χ3n) is 1.99. The van der Waals surface area contributed by atoms with E-state index in [-0.39, 0.29) is 11.4 Å². The number of rotatable bonds is 3. The lowest BCUT2D eigenvalue weighted by molar-refractivity contribution is -0.122. The van der Waals surface area contributed by atoms with Crippen LogP contribution in [-0.2, 0) is 4.79 Å². The van der Waals surface area contributed by atoms with Crippen LogP contribution in [0.3, 0.4) is 0 Å². The Balaban J connectivity index is 2.73. The molecule has 0 saturated carbocycles. The van der Waals surface area contributed by atoms with Gasteiger partial charge in [0, 0.05) is 5.54 Å². The Morgan fingerprint density at radius 3 is 2.61 bits per heavy atom. The average Bonchev–Trinajstić information content (AvgIpc) is 2.22. The predicted octanol–water partition coefficient (Wildman–Crippen LogP) is 2.61. The molecule has 1 atom stereocenters. The molecule has 0 bridgehead atoms. The van der Waals surface area contributed by atoms with Gasteiger partial charge < -0.3 is 10.6 Å². The van der Waals surface area contributed by atoms with Crippen LogP contribution in [0.5, 0.6) is 0 Å². The van der Waals surface area contributed by atoms with Crippen molar-refractivity contribution in [1.82, 2.24) is 15.3 Å². The van der Waals surface area contributed by atoms with Crippen LogP contribution in [0.4, 0.5) is 5.82 Å². The molecule has 0 aliphatic heterocycles. The van der Waals surface area contributed by atoms with E-state index in [4.69, 9.17) is 11.6 Å². The van der Waals surface area contributed by atoms with Crippen LogP contribution < -0.4 is 10.6 Å². The van der Waals surface area contributed by atoms with Gasteiger partial charge in [-0.1, -0.05) is 11.6 Å². The molecule has 0 saturated heterocycles. The highest BCUT2D eigenvalue weighted by Crippen LogP contribution is 2.26. The fraction of sp³-hybridized carbons (Fsp3) is 0.545. The van der Waals surface area contributed by atoms with E-state index >= 15 is 0 Å². The van der Waals surface area contributed by atoms with Gasteiger partial charge in [0.2, 0.25) is 5.91 Å². The van der Waals surface area contributed by atoms with Crippen molar-refractivity contribution < 1.29 is 4.79 Å². The lowest BCUT2D eigenvalue weighted by Gasteiger charge is -2.24. The third-order valence-corrected chi connectivity index (χ3v) is 3.26. The van der Waals surface area contributed by atoms with Crippen LogP contribution in [0.25, 0.3) is 0 Å². The molecule has 1 heterocycles. The highest BCUT2D eigenvalue weighted by atomic mass is 79.9. The second-order valence-electron chi connectivity index (χ2n) is 4.93. The first-order valence-corrected chi connectivity index (χ1v) is 6.62. The van der Waals surface area contributed by atoms with Crippen molar-refractivity contribution in [1.29, 1.82) is 0 Å².